The first-order chi connectivity index (χ1) is 11.3. The maximum Gasteiger partial charge on any atom is 0.280 e. The van der Waals surface area contributed by atoms with Crippen molar-refractivity contribution < 1.29 is 14.3 Å². The zero-order valence-electron chi connectivity index (χ0n) is 12.5. The SMILES string of the molecule is O=Cc1cccc(OCC(=O)N2CCC(c3ccccc3)=N2)c1. The van der Waals surface area contributed by atoms with Gasteiger partial charge in [-0.1, -0.05) is 42.5 Å². The van der Waals surface area contributed by atoms with Gasteiger partial charge in [0, 0.05) is 12.0 Å². The lowest BCUT2D eigenvalue weighted by atomic mass is 10.1. The van der Waals surface area contributed by atoms with Crippen LogP contribution in [0.1, 0.15) is 22.3 Å². The highest BCUT2D eigenvalue weighted by molar-refractivity contribution is 6.02. The van der Waals surface area contributed by atoms with E-state index in [2.05, 4.69) is 5.10 Å². The number of hydrogen-bond acceptors (Lipinski definition) is 4. The van der Waals surface area contributed by atoms with Gasteiger partial charge in [-0.05, 0) is 17.7 Å². The fourth-order valence-corrected chi connectivity index (χ4v) is 2.37. The molecule has 1 aliphatic rings. The Morgan fingerprint density at radius 3 is 2.78 bits per heavy atom. The number of benzene rings is 2. The lowest BCUT2D eigenvalue weighted by Crippen LogP contribution is -2.28. The molecule has 0 unspecified atom stereocenters. The maximum atomic E-state index is 12.2. The Hall–Kier alpha value is -2.95. The molecule has 0 N–H and O–H groups in total. The van der Waals surface area contributed by atoms with Crippen LogP contribution in [-0.4, -0.2) is 36.1 Å². The van der Waals surface area contributed by atoms with Crippen molar-refractivity contribution in [2.24, 2.45) is 5.10 Å². The molecule has 23 heavy (non-hydrogen) atoms. The smallest absolute Gasteiger partial charge is 0.280 e. The van der Waals surface area contributed by atoms with Crippen molar-refractivity contribution in [2.45, 2.75) is 6.42 Å². The molecule has 0 aliphatic carbocycles. The summed E-state index contributed by atoms with van der Waals surface area (Å²) in [6, 6.07) is 16.5. The monoisotopic (exact) mass is 308 g/mol. The van der Waals surface area contributed by atoms with E-state index in [1.54, 1.807) is 24.3 Å². The van der Waals surface area contributed by atoms with Crippen LogP contribution in [0.5, 0.6) is 5.75 Å². The van der Waals surface area contributed by atoms with E-state index >= 15 is 0 Å². The third-order valence-electron chi connectivity index (χ3n) is 3.55. The molecule has 0 spiro atoms. The van der Waals surface area contributed by atoms with E-state index in [0.717, 1.165) is 24.0 Å². The Morgan fingerprint density at radius 1 is 1.17 bits per heavy atom. The Bertz CT molecular complexity index is 741. The molecule has 1 heterocycles. The van der Waals surface area contributed by atoms with E-state index < -0.39 is 0 Å². The zero-order valence-corrected chi connectivity index (χ0v) is 12.5. The van der Waals surface area contributed by atoms with E-state index in [4.69, 9.17) is 4.74 Å². The highest BCUT2D eigenvalue weighted by Gasteiger charge is 2.21. The summed E-state index contributed by atoms with van der Waals surface area (Å²) in [5.41, 5.74) is 2.45. The molecule has 1 amide bonds. The molecule has 1 aliphatic heterocycles. The van der Waals surface area contributed by atoms with Crippen LogP contribution in [0.4, 0.5) is 0 Å². The Balaban J connectivity index is 1.61. The van der Waals surface area contributed by atoms with Crippen LogP contribution in [-0.2, 0) is 4.79 Å². The van der Waals surface area contributed by atoms with Gasteiger partial charge in [-0.25, -0.2) is 5.01 Å². The van der Waals surface area contributed by atoms with E-state index in [-0.39, 0.29) is 12.5 Å². The van der Waals surface area contributed by atoms with Crippen molar-refractivity contribution in [1.29, 1.82) is 0 Å². The molecule has 0 saturated heterocycles. The lowest BCUT2D eigenvalue weighted by Gasteiger charge is -2.12. The summed E-state index contributed by atoms with van der Waals surface area (Å²) in [7, 11) is 0. The number of rotatable bonds is 5. The number of ether oxygens (including phenoxy) is 1. The van der Waals surface area contributed by atoms with Gasteiger partial charge >= 0.3 is 0 Å². The second kappa shape index (κ2) is 6.87. The molecule has 2 aromatic carbocycles. The fraction of sp³-hybridized carbons (Fsp3) is 0.167. The third kappa shape index (κ3) is 3.63. The van der Waals surface area contributed by atoms with Gasteiger partial charge in [0.05, 0.1) is 12.3 Å². The zero-order chi connectivity index (χ0) is 16.1. The molecular formula is C18H16N2O3. The molecule has 5 nitrogen and oxygen atoms in total. The maximum absolute atomic E-state index is 12.2. The minimum atomic E-state index is -0.201. The minimum absolute atomic E-state index is 0.103. The third-order valence-corrected chi connectivity index (χ3v) is 3.55. The number of nitrogens with zero attached hydrogens (tertiary/aromatic N) is 2. The molecule has 0 atom stereocenters. The summed E-state index contributed by atoms with van der Waals surface area (Å²) < 4.78 is 5.44. The Kier molecular flexibility index (Phi) is 4.47. The quantitative estimate of drug-likeness (QED) is 0.797. The lowest BCUT2D eigenvalue weighted by molar-refractivity contribution is -0.132. The summed E-state index contributed by atoms with van der Waals surface area (Å²) >= 11 is 0. The molecule has 116 valence electrons. The van der Waals surface area contributed by atoms with Crippen LogP contribution < -0.4 is 4.74 Å². The highest BCUT2D eigenvalue weighted by Crippen LogP contribution is 2.15. The minimum Gasteiger partial charge on any atom is -0.484 e. The highest BCUT2D eigenvalue weighted by atomic mass is 16.5. The van der Waals surface area contributed by atoms with Crippen molar-refractivity contribution in [3.8, 4) is 5.75 Å². The van der Waals surface area contributed by atoms with E-state index in [1.807, 2.05) is 30.3 Å². The topological polar surface area (TPSA) is 59.0 Å². The Labute approximate surface area is 134 Å². The van der Waals surface area contributed by atoms with Crippen molar-refractivity contribution in [3.63, 3.8) is 0 Å². The van der Waals surface area contributed by atoms with Gasteiger partial charge in [-0.3, -0.25) is 9.59 Å². The van der Waals surface area contributed by atoms with Gasteiger partial charge in [-0.15, -0.1) is 0 Å². The van der Waals surface area contributed by atoms with Gasteiger partial charge in [-0.2, -0.15) is 5.10 Å². The van der Waals surface area contributed by atoms with Crippen LogP contribution in [0, 0.1) is 0 Å². The molecule has 0 aromatic heterocycles. The van der Waals surface area contributed by atoms with E-state index in [1.165, 1.54) is 5.01 Å². The van der Waals surface area contributed by atoms with Crippen LogP contribution >= 0.6 is 0 Å². The van der Waals surface area contributed by atoms with Gasteiger partial charge < -0.3 is 4.74 Å². The predicted molar refractivity (Wildman–Crippen MR) is 86.6 cm³/mol. The summed E-state index contributed by atoms with van der Waals surface area (Å²) in [5, 5.41) is 5.80. The number of carbonyl (C=O) groups is 2. The first-order valence-electron chi connectivity index (χ1n) is 7.37. The molecule has 2 aromatic rings. The molecule has 3 rings (SSSR count). The van der Waals surface area contributed by atoms with Gasteiger partial charge in [0.1, 0.15) is 12.0 Å². The molecule has 5 heteroatoms. The normalized spacial score (nSPS) is 13.6. The standard InChI is InChI=1S/C18H16N2O3/c21-12-14-5-4-8-16(11-14)23-13-18(22)20-10-9-17(19-20)15-6-2-1-3-7-15/h1-8,11-12H,9-10,13H2. The average molecular weight is 308 g/mol. The first kappa shape index (κ1) is 15.0. The van der Waals surface area contributed by atoms with Crippen molar-refractivity contribution >= 4 is 17.9 Å². The number of aldehydes is 1. The largest absolute Gasteiger partial charge is 0.484 e. The van der Waals surface area contributed by atoms with Crippen molar-refractivity contribution in [2.75, 3.05) is 13.2 Å². The number of hydrazone groups is 1. The summed E-state index contributed by atoms with van der Waals surface area (Å²) in [4.78, 5) is 22.9. The van der Waals surface area contributed by atoms with Crippen LogP contribution in [0.15, 0.2) is 59.7 Å². The predicted octanol–water partition coefficient (Wildman–Crippen LogP) is 2.51. The van der Waals surface area contributed by atoms with Crippen molar-refractivity contribution in [3.05, 3.63) is 65.7 Å². The van der Waals surface area contributed by atoms with E-state index in [0.29, 0.717) is 17.9 Å². The fourth-order valence-electron chi connectivity index (χ4n) is 2.37. The van der Waals surface area contributed by atoms with Crippen molar-refractivity contribution in [1.82, 2.24) is 5.01 Å². The average Bonchev–Trinajstić information content (AvgIpc) is 3.11. The number of hydrogen-bond donors (Lipinski definition) is 0. The molecule has 0 radical (unpaired) electrons. The molecule has 0 saturated carbocycles. The number of amides is 1. The van der Waals surface area contributed by atoms with Gasteiger partial charge in [0.25, 0.3) is 5.91 Å². The molecule has 0 bridgehead atoms. The molecule has 0 fully saturated rings. The summed E-state index contributed by atoms with van der Waals surface area (Å²) in [6.45, 7) is 0.453. The summed E-state index contributed by atoms with van der Waals surface area (Å²) in [6.07, 6.45) is 1.47. The van der Waals surface area contributed by atoms with Crippen LogP contribution in [0.2, 0.25) is 0 Å². The first-order valence-corrected chi connectivity index (χ1v) is 7.37. The van der Waals surface area contributed by atoms with Gasteiger partial charge in [0.15, 0.2) is 6.61 Å². The van der Waals surface area contributed by atoms with Crippen LogP contribution in [0.25, 0.3) is 0 Å². The second-order valence-corrected chi connectivity index (χ2v) is 5.16. The molecular weight excluding hydrogens is 292 g/mol. The van der Waals surface area contributed by atoms with E-state index in [9.17, 15) is 9.59 Å². The summed E-state index contributed by atoms with van der Waals surface area (Å²) in [5.74, 6) is 0.293. The number of carbonyl (C=O) groups excluding carboxylic acids is 2. The second-order valence-electron chi connectivity index (χ2n) is 5.16. The Morgan fingerprint density at radius 2 is 2.00 bits per heavy atom. The van der Waals surface area contributed by atoms with Gasteiger partial charge in [0.2, 0.25) is 0 Å². The van der Waals surface area contributed by atoms with Crippen LogP contribution in [0.3, 0.4) is 0 Å².